The third-order valence-corrected chi connectivity index (χ3v) is 2.50. The van der Waals surface area contributed by atoms with Gasteiger partial charge in [-0.25, -0.2) is 4.39 Å². The molecule has 1 aromatic carbocycles. The molecule has 0 heterocycles. The molecule has 14 heavy (non-hydrogen) atoms. The number of nitro benzene ring substituents is 1. The Morgan fingerprint density at radius 3 is 2.50 bits per heavy atom. The van der Waals surface area contributed by atoms with Gasteiger partial charge in [0.1, 0.15) is 5.82 Å². The number of hydrogen-bond donors (Lipinski definition) is 0. The van der Waals surface area contributed by atoms with Crippen molar-refractivity contribution in [2.24, 2.45) is 0 Å². The molecule has 0 bridgehead atoms. The lowest BCUT2D eigenvalue weighted by Crippen LogP contribution is -1.98. The van der Waals surface area contributed by atoms with Crippen molar-refractivity contribution in [2.75, 3.05) is 0 Å². The van der Waals surface area contributed by atoms with Gasteiger partial charge in [0.25, 0.3) is 5.69 Å². The fraction of sp³-hybridized carbons (Fsp3) is 0.333. The molecule has 0 aliphatic rings. The Balaban J connectivity index is 3.39. The van der Waals surface area contributed by atoms with Crippen molar-refractivity contribution in [3.8, 4) is 0 Å². The van der Waals surface area contributed by atoms with Crippen LogP contribution >= 0.6 is 15.9 Å². The molecular weight excluding hydrogens is 253 g/mol. The van der Waals surface area contributed by atoms with Crippen molar-refractivity contribution in [2.45, 2.75) is 19.8 Å². The standard InChI is InChI=1S/C9H9BrFNO2/c1-5(2)6-3-8(11)7(10)4-9(6)12(13)14/h3-5H,1-2H3. The minimum Gasteiger partial charge on any atom is -0.258 e. The summed E-state index contributed by atoms with van der Waals surface area (Å²) >= 11 is 2.92. The summed E-state index contributed by atoms with van der Waals surface area (Å²) in [6.07, 6.45) is 0. The van der Waals surface area contributed by atoms with Crippen LogP contribution in [0, 0.1) is 15.9 Å². The summed E-state index contributed by atoms with van der Waals surface area (Å²) in [4.78, 5) is 10.2. The number of nitrogens with zero attached hydrogens (tertiary/aromatic N) is 1. The molecule has 0 fully saturated rings. The van der Waals surface area contributed by atoms with Crippen LogP contribution in [0.3, 0.4) is 0 Å². The molecule has 3 nitrogen and oxygen atoms in total. The smallest absolute Gasteiger partial charge is 0.258 e. The van der Waals surface area contributed by atoms with E-state index in [0.717, 1.165) is 0 Å². The first kappa shape index (κ1) is 11.1. The van der Waals surface area contributed by atoms with Crippen molar-refractivity contribution in [1.82, 2.24) is 0 Å². The lowest BCUT2D eigenvalue weighted by Gasteiger charge is -2.07. The molecule has 1 rings (SSSR count). The van der Waals surface area contributed by atoms with Gasteiger partial charge in [0.2, 0.25) is 0 Å². The van der Waals surface area contributed by atoms with Gasteiger partial charge in [0.15, 0.2) is 0 Å². The predicted octanol–water partition coefficient (Wildman–Crippen LogP) is 3.62. The normalized spacial score (nSPS) is 10.6. The quantitative estimate of drug-likeness (QED) is 0.603. The largest absolute Gasteiger partial charge is 0.274 e. The monoisotopic (exact) mass is 261 g/mol. The van der Waals surface area contributed by atoms with Gasteiger partial charge >= 0.3 is 0 Å². The maximum absolute atomic E-state index is 13.1. The topological polar surface area (TPSA) is 43.1 Å². The Labute approximate surface area is 89.2 Å². The highest BCUT2D eigenvalue weighted by Crippen LogP contribution is 2.31. The van der Waals surface area contributed by atoms with Gasteiger partial charge in [-0.2, -0.15) is 0 Å². The Bertz CT molecular complexity index is 379. The molecule has 0 N–H and O–H groups in total. The molecule has 5 heteroatoms. The summed E-state index contributed by atoms with van der Waals surface area (Å²) < 4.78 is 13.2. The Morgan fingerprint density at radius 1 is 1.50 bits per heavy atom. The van der Waals surface area contributed by atoms with Crippen LogP contribution in [0.2, 0.25) is 0 Å². The van der Waals surface area contributed by atoms with E-state index in [0.29, 0.717) is 5.56 Å². The zero-order valence-corrected chi connectivity index (χ0v) is 9.34. The third-order valence-electron chi connectivity index (χ3n) is 1.89. The zero-order chi connectivity index (χ0) is 10.9. The van der Waals surface area contributed by atoms with Crippen LogP contribution in [0.25, 0.3) is 0 Å². The van der Waals surface area contributed by atoms with Gasteiger partial charge in [0.05, 0.1) is 9.40 Å². The zero-order valence-electron chi connectivity index (χ0n) is 7.75. The summed E-state index contributed by atoms with van der Waals surface area (Å²) in [5, 5.41) is 10.7. The molecule has 0 spiro atoms. The summed E-state index contributed by atoms with van der Waals surface area (Å²) in [7, 11) is 0. The molecule has 0 saturated heterocycles. The van der Waals surface area contributed by atoms with E-state index in [1.807, 2.05) is 0 Å². The summed E-state index contributed by atoms with van der Waals surface area (Å²) in [5.41, 5.74) is 0.365. The van der Waals surface area contributed by atoms with Gasteiger partial charge in [-0.1, -0.05) is 13.8 Å². The van der Waals surface area contributed by atoms with Crippen molar-refractivity contribution in [3.05, 3.63) is 38.1 Å². The summed E-state index contributed by atoms with van der Waals surface area (Å²) in [5.74, 6) is -0.544. The van der Waals surface area contributed by atoms with E-state index in [2.05, 4.69) is 15.9 Å². The van der Waals surface area contributed by atoms with Gasteiger partial charge < -0.3 is 0 Å². The SMILES string of the molecule is CC(C)c1cc(F)c(Br)cc1[N+](=O)[O-]. The number of rotatable bonds is 2. The third kappa shape index (κ3) is 2.09. The molecule has 0 radical (unpaired) electrons. The Kier molecular flexibility index (Phi) is 3.21. The lowest BCUT2D eigenvalue weighted by molar-refractivity contribution is -0.385. The number of hydrogen-bond acceptors (Lipinski definition) is 2. The molecule has 0 saturated carbocycles. The first-order valence-corrected chi connectivity index (χ1v) is 4.86. The average molecular weight is 262 g/mol. The van der Waals surface area contributed by atoms with Crippen LogP contribution in [-0.4, -0.2) is 4.92 Å². The summed E-state index contributed by atoms with van der Waals surface area (Å²) in [6, 6.07) is 2.40. The Morgan fingerprint density at radius 2 is 2.07 bits per heavy atom. The number of benzene rings is 1. The van der Waals surface area contributed by atoms with Crippen molar-refractivity contribution in [1.29, 1.82) is 0 Å². The molecule has 0 unspecified atom stereocenters. The van der Waals surface area contributed by atoms with Crippen molar-refractivity contribution >= 4 is 21.6 Å². The molecule has 76 valence electrons. The minimum atomic E-state index is -0.500. The molecule has 0 aromatic heterocycles. The number of nitro groups is 1. The van der Waals surface area contributed by atoms with Crippen LogP contribution in [0.4, 0.5) is 10.1 Å². The van der Waals surface area contributed by atoms with E-state index in [4.69, 9.17) is 0 Å². The lowest BCUT2D eigenvalue weighted by atomic mass is 10.0. The summed E-state index contributed by atoms with van der Waals surface area (Å²) in [6.45, 7) is 3.57. The molecule has 0 aliphatic carbocycles. The van der Waals surface area contributed by atoms with Crippen molar-refractivity contribution in [3.63, 3.8) is 0 Å². The van der Waals surface area contributed by atoms with E-state index in [1.54, 1.807) is 13.8 Å². The second-order valence-electron chi connectivity index (χ2n) is 3.24. The fourth-order valence-electron chi connectivity index (χ4n) is 1.17. The maximum atomic E-state index is 13.1. The van der Waals surface area contributed by atoms with E-state index in [9.17, 15) is 14.5 Å². The molecule has 1 aromatic rings. The van der Waals surface area contributed by atoms with Gasteiger partial charge in [-0.05, 0) is 27.9 Å². The predicted molar refractivity (Wildman–Crippen MR) is 54.8 cm³/mol. The highest BCUT2D eigenvalue weighted by atomic mass is 79.9. The fourth-order valence-corrected chi connectivity index (χ4v) is 1.50. The average Bonchev–Trinajstić information content (AvgIpc) is 2.08. The minimum absolute atomic E-state index is 0.0479. The van der Waals surface area contributed by atoms with Gasteiger partial charge in [-0.15, -0.1) is 0 Å². The Hall–Kier alpha value is -0.970. The van der Waals surface area contributed by atoms with Crippen LogP contribution in [0.1, 0.15) is 25.3 Å². The van der Waals surface area contributed by atoms with Crippen LogP contribution in [0.15, 0.2) is 16.6 Å². The molecule has 0 atom stereocenters. The van der Waals surface area contributed by atoms with Crippen LogP contribution < -0.4 is 0 Å². The number of halogens is 2. The first-order chi connectivity index (χ1) is 6.43. The maximum Gasteiger partial charge on any atom is 0.274 e. The van der Waals surface area contributed by atoms with E-state index in [-0.39, 0.29) is 16.1 Å². The van der Waals surface area contributed by atoms with Crippen LogP contribution in [0.5, 0.6) is 0 Å². The van der Waals surface area contributed by atoms with Gasteiger partial charge in [-0.3, -0.25) is 10.1 Å². The first-order valence-electron chi connectivity index (χ1n) is 4.06. The van der Waals surface area contributed by atoms with Crippen molar-refractivity contribution < 1.29 is 9.31 Å². The highest BCUT2D eigenvalue weighted by molar-refractivity contribution is 9.10. The second-order valence-corrected chi connectivity index (χ2v) is 4.09. The second kappa shape index (κ2) is 4.04. The van der Waals surface area contributed by atoms with Gasteiger partial charge in [0, 0.05) is 11.6 Å². The van der Waals surface area contributed by atoms with E-state index < -0.39 is 10.7 Å². The molecule has 0 amide bonds. The highest BCUT2D eigenvalue weighted by Gasteiger charge is 2.19. The molecule has 0 aliphatic heterocycles. The van der Waals surface area contributed by atoms with E-state index >= 15 is 0 Å². The van der Waals surface area contributed by atoms with E-state index in [1.165, 1.54) is 12.1 Å². The molecular formula is C9H9BrFNO2. The van der Waals surface area contributed by atoms with Crippen LogP contribution in [-0.2, 0) is 0 Å².